The fourth-order valence-corrected chi connectivity index (χ4v) is 4.77. The lowest BCUT2D eigenvalue weighted by Gasteiger charge is -2.27. The SMILES string of the molecule is CCOc1cc(C2C(C#N)=C(N)Oc3cc(OC(=O)Cc4ccc(Cl)cc4)ccc32)ccc1OCc1ccccc1F. The van der Waals surface area contributed by atoms with Crippen LogP contribution in [-0.4, -0.2) is 12.6 Å². The predicted molar refractivity (Wildman–Crippen MR) is 155 cm³/mol. The highest BCUT2D eigenvalue weighted by Crippen LogP contribution is 2.45. The highest BCUT2D eigenvalue weighted by Gasteiger charge is 2.32. The fourth-order valence-electron chi connectivity index (χ4n) is 4.64. The zero-order valence-corrected chi connectivity index (χ0v) is 23.4. The third kappa shape index (κ3) is 6.32. The third-order valence-corrected chi connectivity index (χ3v) is 6.88. The first kappa shape index (κ1) is 28.5. The summed E-state index contributed by atoms with van der Waals surface area (Å²) >= 11 is 5.92. The normalized spacial score (nSPS) is 13.9. The van der Waals surface area contributed by atoms with E-state index < -0.39 is 11.9 Å². The van der Waals surface area contributed by atoms with Crippen molar-refractivity contribution in [3.05, 3.63) is 129 Å². The van der Waals surface area contributed by atoms with Crippen molar-refractivity contribution in [1.82, 2.24) is 0 Å². The molecule has 1 aliphatic heterocycles. The van der Waals surface area contributed by atoms with Crippen LogP contribution >= 0.6 is 11.6 Å². The van der Waals surface area contributed by atoms with Crippen LogP contribution in [0.25, 0.3) is 0 Å². The van der Waals surface area contributed by atoms with Crippen molar-refractivity contribution < 1.29 is 28.1 Å². The molecule has 0 saturated carbocycles. The van der Waals surface area contributed by atoms with Gasteiger partial charge in [0.05, 0.1) is 18.9 Å². The maximum atomic E-state index is 14.1. The van der Waals surface area contributed by atoms with Crippen molar-refractivity contribution in [2.75, 3.05) is 6.61 Å². The van der Waals surface area contributed by atoms with Gasteiger partial charge in [0.25, 0.3) is 0 Å². The van der Waals surface area contributed by atoms with Crippen LogP contribution in [-0.2, 0) is 17.8 Å². The van der Waals surface area contributed by atoms with Gasteiger partial charge in [-0.1, -0.05) is 54.1 Å². The van der Waals surface area contributed by atoms with E-state index in [1.54, 1.807) is 78.9 Å². The maximum Gasteiger partial charge on any atom is 0.315 e. The van der Waals surface area contributed by atoms with E-state index in [-0.39, 0.29) is 36.1 Å². The Morgan fingerprint density at radius 3 is 2.55 bits per heavy atom. The average Bonchev–Trinajstić information content (AvgIpc) is 2.98. The van der Waals surface area contributed by atoms with E-state index in [2.05, 4.69) is 6.07 Å². The zero-order chi connectivity index (χ0) is 29.6. The lowest BCUT2D eigenvalue weighted by Crippen LogP contribution is -2.21. The van der Waals surface area contributed by atoms with E-state index in [1.165, 1.54) is 6.07 Å². The number of hydrogen-bond donors (Lipinski definition) is 1. The number of nitriles is 1. The van der Waals surface area contributed by atoms with Crippen molar-refractivity contribution in [2.24, 2.45) is 5.73 Å². The standard InChI is InChI=1S/C33H26ClFN2O5/c1-2-39-30-16-21(9-14-28(30)40-19-22-5-3-4-6-27(22)35)32-25-13-12-24(17-29(25)42-33(37)26(32)18-36)41-31(38)15-20-7-10-23(34)11-8-20/h3-14,16-17,32H,2,15,19,37H2,1H3. The van der Waals surface area contributed by atoms with Crippen molar-refractivity contribution in [3.63, 3.8) is 0 Å². The number of ether oxygens (including phenoxy) is 4. The van der Waals surface area contributed by atoms with E-state index in [9.17, 15) is 14.4 Å². The van der Waals surface area contributed by atoms with Gasteiger partial charge in [-0.05, 0) is 54.4 Å². The summed E-state index contributed by atoms with van der Waals surface area (Å²) in [5.41, 5.74) is 8.92. The Hall–Kier alpha value is -5.00. The first-order chi connectivity index (χ1) is 20.4. The molecule has 0 saturated heterocycles. The minimum absolute atomic E-state index is 0.0159. The first-order valence-corrected chi connectivity index (χ1v) is 13.5. The fraction of sp³-hybridized carbons (Fsp3) is 0.152. The largest absolute Gasteiger partial charge is 0.490 e. The number of rotatable bonds is 9. The minimum atomic E-state index is -0.586. The van der Waals surface area contributed by atoms with Crippen LogP contribution in [0.5, 0.6) is 23.0 Å². The summed E-state index contributed by atoms with van der Waals surface area (Å²) in [5.74, 6) is 0.0171. The molecule has 4 aromatic rings. The Morgan fingerprint density at radius 1 is 1.02 bits per heavy atom. The van der Waals surface area contributed by atoms with E-state index in [0.29, 0.717) is 45.6 Å². The zero-order valence-electron chi connectivity index (χ0n) is 22.6. The highest BCUT2D eigenvalue weighted by molar-refractivity contribution is 6.30. The number of allylic oxidation sites excluding steroid dienone is 1. The van der Waals surface area contributed by atoms with Crippen LogP contribution in [0.1, 0.15) is 35.1 Å². The molecule has 1 unspecified atom stereocenters. The average molecular weight is 585 g/mol. The number of halogens is 2. The summed E-state index contributed by atoms with van der Waals surface area (Å²) in [6.07, 6.45) is 0.0594. The van der Waals surface area contributed by atoms with E-state index in [4.69, 9.17) is 36.3 Å². The second-order valence-electron chi connectivity index (χ2n) is 9.42. The Kier molecular flexibility index (Phi) is 8.60. The summed E-state index contributed by atoms with van der Waals surface area (Å²) in [5, 5.41) is 10.6. The topological polar surface area (TPSA) is 104 Å². The van der Waals surface area contributed by atoms with Gasteiger partial charge in [-0.3, -0.25) is 4.79 Å². The van der Waals surface area contributed by atoms with Crippen molar-refractivity contribution >= 4 is 17.6 Å². The molecule has 0 amide bonds. The van der Waals surface area contributed by atoms with Crippen LogP contribution in [0.4, 0.5) is 4.39 Å². The molecule has 0 spiro atoms. The van der Waals surface area contributed by atoms with Crippen molar-refractivity contribution in [3.8, 4) is 29.1 Å². The molecule has 2 N–H and O–H groups in total. The van der Waals surface area contributed by atoms with Gasteiger partial charge in [0.2, 0.25) is 5.88 Å². The number of hydrogen-bond acceptors (Lipinski definition) is 7. The Bertz CT molecular complexity index is 1700. The van der Waals surface area contributed by atoms with E-state index in [0.717, 1.165) is 5.56 Å². The number of carbonyl (C=O) groups is 1. The van der Waals surface area contributed by atoms with Gasteiger partial charge in [0.15, 0.2) is 11.5 Å². The summed E-state index contributed by atoms with van der Waals surface area (Å²) in [4.78, 5) is 12.6. The van der Waals surface area contributed by atoms with Crippen molar-refractivity contribution in [1.29, 1.82) is 5.26 Å². The first-order valence-electron chi connectivity index (χ1n) is 13.2. The number of carbonyl (C=O) groups excluding carboxylic acids is 1. The van der Waals surface area contributed by atoms with Crippen LogP contribution in [0.3, 0.4) is 0 Å². The van der Waals surface area contributed by atoms with Gasteiger partial charge in [0.1, 0.15) is 35.6 Å². The number of esters is 1. The molecule has 1 atom stereocenters. The van der Waals surface area contributed by atoms with E-state index in [1.807, 2.05) is 6.92 Å². The number of nitrogens with two attached hydrogens (primary N) is 1. The summed E-state index contributed by atoms with van der Waals surface area (Å²) in [6.45, 7) is 2.21. The van der Waals surface area contributed by atoms with Crippen LogP contribution in [0.2, 0.25) is 5.02 Å². The molecular weight excluding hydrogens is 559 g/mol. The lowest BCUT2D eigenvalue weighted by molar-refractivity contribution is -0.133. The molecule has 42 heavy (non-hydrogen) atoms. The van der Waals surface area contributed by atoms with Crippen molar-refractivity contribution in [2.45, 2.75) is 25.9 Å². The van der Waals surface area contributed by atoms with Crippen LogP contribution in [0, 0.1) is 17.1 Å². The highest BCUT2D eigenvalue weighted by atomic mass is 35.5. The second-order valence-corrected chi connectivity index (χ2v) is 9.86. The summed E-state index contributed by atoms with van der Waals surface area (Å²) < 4.78 is 37.2. The molecule has 0 radical (unpaired) electrons. The van der Waals surface area contributed by atoms with Gasteiger partial charge in [-0.2, -0.15) is 5.26 Å². The number of benzene rings is 4. The van der Waals surface area contributed by atoms with Gasteiger partial charge in [-0.25, -0.2) is 4.39 Å². The molecule has 7 nitrogen and oxygen atoms in total. The second kappa shape index (κ2) is 12.7. The Balaban J connectivity index is 1.41. The van der Waals surface area contributed by atoms with Crippen LogP contribution < -0.4 is 24.7 Å². The molecule has 9 heteroatoms. The molecule has 1 aliphatic rings. The molecule has 212 valence electrons. The number of nitrogens with zero attached hydrogens (tertiary/aromatic N) is 1. The predicted octanol–water partition coefficient (Wildman–Crippen LogP) is 6.82. The van der Waals surface area contributed by atoms with Gasteiger partial charge in [0, 0.05) is 22.2 Å². The van der Waals surface area contributed by atoms with Gasteiger partial charge >= 0.3 is 5.97 Å². The molecule has 0 fully saturated rings. The number of fused-ring (bicyclic) bond motifs is 1. The molecular formula is C33H26ClFN2O5. The maximum absolute atomic E-state index is 14.1. The molecule has 1 heterocycles. The van der Waals surface area contributed by atoms with Gasteiger partial charge in [-0.15, -0.1) is 0 Å². The summed E-state index contributed by atoms with van der Waals surface area (Å²) in [7, 11) is 0. The molecule has 4 aromatic carbocycles. The third-order valence-electron chi connectivity index (χ3n) is 6.63. The van der Waals surface area contributed by atoms with Crippen LogP contribution in [0.15, 0.2) is 96.4 Å². The van der Waals surface area contributed by atoms with E-state index >= 15 is 0 Å². The molecule has 5 rings (SSSR count). The monoisotopic (exact) mass is 584 g/mol. The quantitative estimate of drug-likeness (QED) is 0.170. The molecule has 0 aromatic heterocycles. The summed E-state index contributed by atoms with van der Waals surface area (Å²) in [6, 6.07) is 25.7. The molecule has 0 bridgehead atoms. The smallest absolute Gasteiger partial charge is 0.315 e. The lowest BCUT2D eigenvalue weighted by atomic mass is 9.83. The van der Waals surface area contributed by atoms with Gasteiger partial charge < -0.3 is 24.7 Å². The molecule has 0 aliphatic carbocycles. The Morgan fingerprint density at radius 2 is 1.81 bits per heavy atom. The minimum Gasteiger partial charge on any atom is -0.490 e. The Labute approximate surface area is 247 Å².